The van der Waals surface area contributed by atoms with E-state index in [0.717, 1.165) is 19.5 Å². The van der Waals surface area contributed by atoms with Gasteiger partial charge in [0, 0.05) is 18.1 Å². The third-order valence-corrected chi connectivity index (χ3v) is 2.80. The quantitative estimate of drug-likeness (QED) is 0.530. The zero-order valence-electron chi connectivity index (χ0n) is 9.74. The molecule has 0 aromatic heterocycles. The predicted octanol–water partition coefficient (Wildman–Crippen LogP) is -0.280. The molecule has 0 fully saturated rings. The summed E-state index contributed by atoms with van der Waals surface area (Å²) >= 11 is 0. The molecule has 86 valence electrons. The van der Waals surface area contributed by atoms with Gasteiger partial charge >= 0.3 is 0 Å². The summed E-state index contributed by atoms with van der Waals surface area (Å²) in [6.45, 7) is 8.91. The van der Waals surface area contributed by atoms with Crippen LogP contribution in [0, 0.1) is 0 Å². The Bertz CT molecular complexity index is 132. The predicted molar refractivity (Wildman–Crippen MR) is 62.0 cm³/mol. The SMILES string of the molecule is CCN(CC)C(CCN)C(N)C(C)N. The van der Waals surface area contributed by atoms with E-state index in [1.54, 1.807) is 0 Å². The van der Waals surface area contributed by atoms with Gasteiger partial charge in [0.25, 0.3) is 0 Å². The molecule has 4 nitrogen and oxygen atoms in total. The molecule has 0 heterocycles. The molecule has 4 heteroatoms. The van der Waals surface area contributed by atoms with E-state index >= 15 is 0 Å². The molecular weight excluding hydrogens is 176 g/mol. The van der Waals surface area contributed by atoms with Crippen molar-refractivity contribution in [1.82, 2.24) is 4.90 Å². The van der Waals surface area contributed by atoms with Crippen LogP contribution in [-0.2, 0) is 0 Å². The maximum atomic E-state index is 6.08. The molecule has 0 amide bonds. The molecule has 3 unspecified atom stereocenters. The Morgan fingerprint density at radius 2 is 1.64 bits per heavy atom. The maximum Gasteiger partial charge on any atom is 0.0348 e. The lowest BCUT2D eigenvalue weighted by atomic mass is 9.98. The van der Waals surface area contributed by atoms with E-state index in [1.807, 2.05) is 6.92 Å². The van der Waals surface area contributed by atoms with Crippen molar-refractivity contribution in [1.29, 1.82) is 0 Å². The average Bonchev–Trinajstić information content (AvgIpc) is 2.17. The first-order valence-electron chi connectivity index (χ1n) is 5.53. The summed E-state index contributed by atoms with van der Waals surface area (Å²) in [6.07, 6.45) is 0.921. The van der Waals surface area contributed by atoms with E-state index in [2.05, 4.69) is 18.7 Å². The third kappa shape index (κ3) is 3.92. The normalized spacial score (nSPS) is 18.2. The Kier molecular flexibility index (Phi) is 7.09. The van der Waals surface area contributed by atoms with E-state index in [4.69, 9.17) is 17.2 Å². The first-order valence-corrected chi connectivity index (χ1v) is 5.53. The lowest BCUT2D eigenvalue weighted by Crippen LogP contribution is -2.55. The van der Waals surface area contributed by atoms with Crippen molar-refractivity contribution in [3.63, 3.8) is 0 Å². The Morgan fingerprint density at radius 3 is 1.93 bits per heavy atom. The van der Waals surface area contributed by atoms with Crippen LogP contribution in [0.2, 0.25) is 0 Å². The molecule has 0 spiro atoms. The molecule has 0 radical (unpaired) electrons. The second kappa shape index (κ2) is 7.17. The van der Waals surface area contributed by atoms with Gasteiger partial charge in [-0.25, -0.2) is 0 Å². The third-order valence-electron chi connectivity index (χ3n) is 2.80. The summed E-state index contributed by atoms with van der Waals surface area (Å²) in [5, 5.41) is 0. The van der Waals surface area contributed by atoms with E-state index < -0.39 is 0 Å². The van der Waals surface area contributed by atoms with Gasteiger partial charge in [-0.3, -0.25) is 4.90 Å². The second-order valence-corrected chi connectivity index (χ2v) is 3.80. The molecule has 0 aliphatic carbocycles. The minimum atomic E-state index is 0.0125. The summed E-state index contributed by atoms with van der Waals surface area (Å²) in [7, 11) is 0. The first-order chi connectivity index (χ1) is 6.58. The van der Waals surface area contributed by atoms with E-state index in [1.165, 1.54) is 0 Å². The largest absolute Gasteiger partial charge is 0.330 e. The van der Waals surface area contributed by atoms with Gasteiger partial charge in [0.2, 0.25) is 0 Å². The van der Waals surface area contributed by atoms with Crippen molar-refractivity contribution in [3.05, 3.63) is 0 Å². The Hall–Kier alpha value is -0.160. The van der Waals surface area contributed by atoms with Crippen LogP contribution in [0.4, 0.5) is 0 Å². The molecule has 6 N–H and O–H groups in total. The zero-order valence-corrected chi connectivity index (χ0v) is 9.74. The van der Waals surface area contributed by atoms with Crippen LogP contribution < -0.4 is 17.2 Å². The van der Waals surface area contributed by atoms with Crippen molar-refractivity contribution in [2.45, 2.75) is 45.3 Å². The lowest BCUT2D eigenvalue weighted by molar-refractivity contribution is 0.170. The summed E-state index contributed by atoms with van der Waals surface area (Å²) in [5.41, 5.74) is 17.5. The fraction of sp³-hybridized carbons (Fsp3) is 1.00. The number of likely N-dealkylation sites (N-methyl/N-ethyl adjacent to an activating group) is 1. The van der Waals surface area contributed by atoms with Gasteiger partial charge in [-0.2, -0.15) is 0 Å². The lowest BCUT2D eigenvalue weighted by Gasteiger charge is -2.35. The summed E-state index contributed by atoms with van der Waals surface area (Å²) in [4.78, 5) is 2.33. The number of hydrogen-bond donors (Lipinski definition) is 3. The van der Waals surface area contributed by atoms with Crippen molar-refractivity contribution in [2.75, 3.05) is 19.6 Å². The number of nitrogens with two attached hydrogens (primary N) is 3. The van der Waals surface area contributed by atoms with Gasteiger partial charge in [0.1, 0.15) is 0 Å². The molecule has 0 saturated carbocycles. The van der Waals surface area contributed by atoms with E-state index in [9.17, 15) is 0 Å². The fourth-order valence-corrected chi connectivity index (χ4v) is 1.83. The summed E-state index contributed by atoms with van der Waals surface area (Å²) in [6, 6.07) is 0.348. The van der Waals surface area contributed by atoms with Gasteiger partial charge in [0.05, 0.1) is 0 Å². The molecule has 0 aromatic rings. The van der Waals surface area contributed by atoms with Gasteiger partial charge in [0.15, 0.2) is 0 Å². The molecular formula is C10H26N4. The Morgan fingerprint density at radius 1 is 1.14 bits per heavy atom. The van der Waals surface area contributed by atoms with Crippen LogP contribution in [0.5, 0.6) is 0 Å². The minimum Gasteiger partial charge on any atom is -0.330 e. The van der Waals surface area contributed by atoms with Gasteiger partial charge in [-0.05, 0) is 33.0 Å². The first kappa shape index (κ1) is 13.8. The van der Waals surface area contributed by atoms with E-state index in [0.29, 0.717) is 12.6 Å². The Balaban J connectivity index is 4.38. The molecule has 3 atom stereocenters. The molecule has 0 aliphatic heterocycles. The second-order valence-electron chi connectivity index (χ2n) is 3.80. The van der Waals surface area contributed by atoms with Crippen molar-refractivity contribution in [2.24, 2.45) is 17.2 Å². The van der Waals surface area contributed by atoms with Crippen LogP contribution in [0.3, 0.4) is 0 Å². The summed E-state index contributed by atoms with van der Waals surface area (Å²) < 4.78 is 0. The fourth-order valence-electron chi connectivity index (χ4n) is 1.83. The standard InChI is InChI=1S/C10H26N4/c1-4-14(5-2)9(6-7-11)10(13)8(3)12/h8-10H,4-7,11-13H2,1-3H3. The zero-order chi connectivity index (χ0) is 11.1. The van der Waals surface area contributed by atoms with Crippen molar-refractivity contribution >= 4 is 0 Å². The molecule has 0 rings (SSSR count). The molecule has 14 heavy (non-hydrogen) atoms. The van der Waals surface area contributed by atoms with Crippen LogP contribution >= 0.6 is 0 Å². The smallest absolute Gasteiger partial charge is 0.0348 e. The van der Waals surface area contributed by atoms with Crippen LogP contribution in [0.15, 0.2) is 0 Å². The van der Waals surface area contributed by atoms with Gasteiger partial charge in [-0.15, -0.1) is 0 Å². The minimum absolute atomic E-state index is 0.0125. The monoisotopic (exact) mass is 202 g/mol. The Labute approximate surface area is 87.8 Å². The van der Waals surface area contributed by atoms with Crippen LogP contribution in [0.25, 0.3) is 0 Å². The average molecular weight is 202 g/mol. The summed E-state index contributed by atoms with van der Waals surface area (Å²) in [5.74, 6) is 0. The molecule has 0 aliphatic rings. The van der Waals surface area contributed by atoms with Crippen LogP contribution in [-0.4, -0.2) is 42.7 Å². The maximum absolute atomic E-state index is 6.08. The number of nitrogens with zero attached hydrogens (tertiary/aromatic N) is 1. The highest BCUT2D eigenvalue weighted by Gasteiger charge is 2.24. The van der Waals surface area contributed by atoms with Crippen molar-refractivity contribution < 1.29 is 0 Å². The topological polar surface area (TPSA) is 81.3 Å². The highest BCUT2D eigenvalue weighted by molar-refractivity contribution is 4.87. The van der Waals surface area contributed by atoms with E-state index in [-0.39, 0.29) is 12.1 Å². The molecule has 0 saturated heterocycles. The van der Waals surface area contributed by atoms with Gasteiger partial charge < -0.3 is 17.2 Å². The molecule has 0 aromatic carbocycles. The molecule has 0 bridgehead atoms. The van der Waals surface area contributed by atoms with Crippen molar-refractivity contribution in [3.8, 4) is 0 Å². The highest BCUT2D eigenvalue weighted by Crippen LogP contribution is 2.09. The number of rotatable bonds is 7. The van der Waals surface area contributed by atoms with Gasteiger partial charge in [-0.1, -0.05) is 13.8 Å². The highest BCUT2D eigenvalue weighted by atomic mass is 15.2. The van der Waals surface area contributed by atoms with Crippen LogP contribution in [0.1, 0.15) is 27.2 Å². The number of hydrogen-bond acceptors (Lipinski definition) is 4.